The fraction of sp³-hybridized carbons (Fsp3) is 0.348. The number of hydrogen-bond acceptors (Lipinski definition) is 4. The molecule has 0 spiro atoms. The number of para-hydroxylation sites is 1. The molecular weight excluding hydrogens is 354 g/mol. The molecule has 2 aliphatic rings. The van der Waals surface area contributed by atoms with Crippen LogP contribution >= 0.6 is 0 Å². The molecule has 2 aromatic carbocycles. The van der Waals surface area contributed by atoms with Gasteiger partial charge in [-0.05, 0) is 55.5 Å². The van der Waals surface area contributed by atoms with Gasteiger partial charge in [0, 0.05) is 5.56 Å². The van der Waals surface area contributed by atoms with Crippen LogP contribution in [0.5, 0.6) is 17.2 Å². The Kier molecular flexibility index (Phi) is 5.24. The number of methoxy groups -OCH3 is 1. The van der Waals surface area contributed by atoms with Crippen molar-refractivity contribution in [1.82, 2.24) is 5.32 Å². The second-order valence-electron chi connectivity index (χ2n) is 7.13. The third-order valence-electron chi connectivity index (χ3n) is 5.16. The van der Waals surface area contributed by atoms with Crippen molar-refractivity contribution in [3.05, 3.63) is 59.2 Å². The first-order valence-electron chi connectivity index (χ1n) is 9.73. The van der Waals surface area contributed by atoms with Gasteiger partial charge in [-0.3, -0.25) is 4.79 Å². The van der Waals surface area contributed by atoms with Gasteiger partial charge in [0.15, 0.2) is 11.5 Å². The molecule has 1 aliphatic heterocycles. The molecule has 1 atom stereocenters. The zero-order valence-electron chi connectivity index (χ0n) is 16.2. The summed E-state index contributed by atoms with van der Waals surface area (Å²) in [4.78, 5) is 12.9. The van der Waals surface area contributed by atoms with Gasteiger partial charge in [-0.15, -0.1) is 0 Å². The molecule has 1 heterocycles. The third-order valence-corrected chi connectivity index (χ3v) is 5.16. The van der Waals surface area contributed by atoms with E-state index in [0.29, 0.717) is 29.6 Å². The van der Waals surface area contributed by atoms with Crippen LogP contribution in [0, 0.1) is 5.92 Å². The lowest BCUT2D eigenvalue weighted by molar-refractivity contribution is -0.118. The van der Waals surface area contributed by atoms with E-state index in [0.717, 1.165) is 29.7 Å². The maximum atomic E-state index is 12.9. The Bertz CT molecular complexity index is 884. The normalized spacial score (nSPS) is 16.3. The number of ether oxygens (including phenoxy) is 3. The molecular formula is C23H25NO4. The Morgan fingerprint density at radius 3 is 2.68 bits per heavy atom. The van der Waals surface area contributed by atoms with Gasteiger partial charge in [0.1, 0.15) is 12.4 Å². The number of hydrogen-bond donors (Lipinski definition) is 1. The average molecular weight is 379 g/mol. The number of benzene rings is 2. The van der Waals surface area contributed by atoms with E-state index >= 15 is 0 Å². The van der Waals surface area contributed by atoms with Gasteiger partial charge in [-0.2, -0.15) is 0 Å². The quantitative estimate of drug-likeness (QED) is 0.786. The highest BCUT2D eigenvalue weighted by molar-refractivity contribution is 5.99. The molecule has 4 rings (SSSR count). The minimum Gasteiger partial charge on any atom is -0.497 e. The lowest BCUT2D eigenvalue weighted by Gasteiger charge is -2.23. The molecule has 28 heavy (non-hydrogen) atoms. The predicted octanol–water partition coefficient (Wildman–Crippen LogP) is 4.14. The monoisotopic (exact) mass is 379 g/mol. The van der Waals surface area contributed by atoms with Crippen molar-refractivity contribution in [2.75, 3.05) is 20.3 Å². The standard InChI is InChI=1S/C23H25NO4/c1-3-27-20-6-4-5-17-13-18(14-28-22(17)20)23(25)24-21(15-7-8-15)16-9-11-19(26-2)12-10-16/h4-6,9-13,15,21H,3,7-8,14H2,1-2H3,(H,24,25). The van der Waals surface area contributed by atoms with Gasteiger partial charge in [-0.25, -0.2) is 0 Å². The van der Waals surface area contributed by atoms with Crippen molar-refractivity contribution in [3.63, 3.8) is 0 Å². The van der Waals surface area contributed by atoms with Crippen LogP contribution in [0.2, 0.25) is 0 Å². The van der Waals surface area contributed by atoms with Crippen LogP contribution in [0.1, 0.15) is 36.9 Å². The van der Waals surface area contributed by atoms with Crippen LogP contribution in [-0.4, -0.2) is 26.2 Å². The average Bonchev–Trinajstić information content (AvgIpc) is 3.57. The van der Waals surface area contributed by atoms with Crippen LogP contribution in [0.4, 0.5) is 0 Å². The number of nitrogens with one attached hydrogen (secondary N) is 1. The van der Waals surface area contributed by atoms with E-state index in [1.165, 1.54) is 0 Å². The Morgan fingerprint density at radius 1 is 1.21 bits per heavy atom. The minimum absolute atomic E-state index is 0.00969. The minimum atomic E-state index is -0.0832. The smallest absolute Gasteiger partial charge is 0.251 e. The van der Waals surface area contributed by atoms with Gasteiger partial charge in [0.25, 0.3) is 5.91 Å². The van der Waals surface area contributed by atoms with Crippen molar-refractivity contribution >= 4 is 12.0 Å². The Morgan fingerprint density at radius 2 is 2.00 bits per heavy atom. The van der Waals surface area contributed by atoms with E-state index in [-0.39, 0.29) is 18.6 Å². The van der Waals surface area contributed by atoms with E-state index in [2.05, 4.69) is 5.32 Å². The number of amides is 1. The summed E-state index contributed by atoms with van der Waals surface area (Å²) in [5.41, 5.74) is 2.60. The fourth-order valence-electron chi connectivity index (χ4n) is 3.53. The van der Waals surface area contributed by atoms with Gasteiger partial charge in [-0.1, -0.05) is 24.3 Å². The summed E-state index contributed by atoms with van der Waals surface area (Å²) in [5.74, 6) is 2.63. The largest absolute Gasteiger partial charge is 0.497 e. The Balaban J connectivity index is 1.53. The van der Waals surface area contributed by atoms with Crippen LogP contribution in [0.15, 0.2) is 48.0 Å². The maximum Gasteiger partial charge on any atom is 0.251 e. The van der Waals surface area contributed by atoms with Crippen molar-refractivity contribution < 1.29 is 19.0 Å². The maximum absolute atomic E-state index is 12.9. The second-order valence-corrected chi connectivity index (χ2v) is 7.13. The molecule has 1 fully saturated rings. The lowest BCUT2D eigenvalue weighted by Crippen LogP contribution is -2.33. The number of carbonyl (C=O) groups excluding carboxylic acids is 1. The molecule has 1 unspecified atom stereocenters. The van der Waals surface area contributed by atoms with Crippen molar-refractivity contribution in [2.24, 2.45) is 5.92 Å². The summed E-state index contributed by atoms with van der Waals surface area (Å²) in [7, 11) is 1.65. The van der Waals surface area contributed by atoms with E-state index in [4.69, 9.17) is 14.2 Å². The van der Waals surface area contributed by atoms with Crippen LogP contribution in [-0.2, 0) is 4.79 Å². The summed E-state index contributed by atoms with van der Waals surface area (Å²) in [5, 5.41) is 3.21. The number of carbonyl (C=O) groups is 1. The molecule has 1 N–H and O–H groups in total. The van der Waals surface area contributed by atoms with E-state index < -0.39 is 0 Å². The zero-order chi connectivity index (χ0) is 19.5. The summed E-state index contributed by atoms with van der Waals surface area (Å²) in [6, 6.07) is 13.7. The molecule has 0 radical (unpaired) electrons. The SMILES string of the molecule is CCOc1cccc2c1OCC(C(=O)NC(c1ccc(OC)cc1)C1CC1)=C2. The first-order chi connectivity index (χ1) is 13.7. The molecule has 0 aromatic heterocycles. The van der Waals surface area contributed by atoms with Crippen molar-refractivity contribution in [2.45, 2.75) is 25.8 Å². The van der Waals surface area contributed by atoms with Crippen molar-refractivity contribution in [1.29, 1.82) is 0 Å². The Labute approximate surface area is 165 Å². The molecule has 1 aliphatic carbocycles. The second kappa shape index (κ2) is 7.97. The predicted molar refractivity (Wildman–Crippen MR) is 108 cm³/mol. The molecule has 2 aromatic rings. The number of rotatable bonds is 7. The first-order valence-corrected chi connectivity index (χ1v) is 9.73. The zero-order valence-corrected chi connectivity index (χ0v) is 16.2. The summed E-state index contributed by atoms with van der Waals surface area (Å²) >= 11 is 0. The van der Waals surface area contributed by atoms with E-state index in [1.807, 2.05) is 55.5 Å². The molecule has 1 amide bonds. The van der Waals surface area contributed by atoms with Crippen LogP contribution in [0.3, 0.4) is 0 Å². The first kappa shape index (κ1) is 18.4. The van der Waals surface area contributed by atoms with Crippen LogP contribution in [0.25, 0.3) is 6.08 Å². The van der Waals surface area contributed by atoms with Gasteiger partial charge >= 0.3 is 0 Å². The van der Waals surface area contributed by atoms with Gasteiger partial charge in [0.2, 0.25) is 0 Å². The van der Waals surface area contributed by atoms with Crippen LogP contribution < -0.4 is 19.5 Å². The molecule has 5 heteroatoms. The van der Waals surface area contributed by atoms with Crippen molar-refractivity contribution in [3.8, 4) is 17.2 Å². The molecule has 0 bridgehead atoms. The molecule has 0 saturated heterocycles. The summed E-state index contributed by atoms with van der Waals surface area (Å²) in [6.07, 6.45) is 4.16. The van der Waals surface area contributed by atoms with E-state index in [1.54, 1.807) is 7.11 Å². The highest BCUT2D eigenvalue weighted by Gasteiger charge is 2.34. The Hall–Kier alpha value is -2.95. The van der Waals surface area contributed by atoms with E-state index in [9.17, 15) is 4.79 Å². The third kappa shape index (κ3) is 3.84. The molecule has 146 valence electrons. The highest BCUT2D eigenvalue weighted by Crippen LogP contribution is 2.42. The van der Waals surface area contributed by atoms with Gasteiger partial charge in [0.05, 0.1) is 25.3 Å². The topological polar surface area (TPSA) is 56.8 Å². The summed E-state index contributed by atoms with van der Waals surface area (Å²) in [6.45, 7) is 2.75. The summed E-state index contributed by atoms with van der Waals surface area (Å²) < 4.78 is 16.7. The highest BCUT2D eigenvalue weighted by atomic mass is 16.5. The molecule has 1 saturated carbocycles. The molecule has 5 nitrogen and oxygen atoms in total. The number of fused-ring (bicyclic) bond motifs is 1. The lowest BCUT2D eigenvalue weighted by atomic mass is 10.0. The fourth-order valence-corrected chi connectivity index (χ4v) is 3.53. The van der Waals surface area contributed by atoms with Gasteiger partial charge < -0.3 is 19.5 Å².